The fraction of sp³-hybridized carbons (Fsp3) is 0.588. The molecule has 0 amide bonds. The van der Waals surface area contributed by atoms with E-state index < -0.39 is 10.0 Å². The third kappa shape index (κ3) is 8.65. The lowest BCUT2D eigenvalue weighted by atomic mass is 10.2. The van der Waals surface area contributed by atoms with Crippen LogP contribution in [0, 0.1) is 0 Å². The first-order valence-corrected chi connectivity index (χ1v) is 10.0. The van der Waals surface area contributed by atoms with E-state index in [0.29, 0.717) is 24.6 Å². The SMILES string of the molecule is CN=C(NCCN(C(C)C)C(C)C)NCc1ccc(S(N)(=O)=O)cc1.I. The maximum Gasteiger partial charge on any atom is 0.238 e. The second-order valence-electron chi connectivity index (χ2n) is 6.47. The molecule has 0 aliphatic rings. The first kappa shape index (κ1) is 25.1. The van der Waals surface area contributed by atoms with Crippen molar-refractivity contribution in [2.75, 3.05) is 20.1 Å². The Bertz CT molecular complexity index is 652. The van der Waals surface area contributed by atoms with E-state index in [0.717, 1.165) is 18.7 Å². The van der Waals surface area contributed by atoms with Gasteiger partial charge in [0.2, 0.25) is 10.0 Å². The van der Waals surface area contributed by atoms with Crippen LogP contribution in [0.1, 0.15) is 33.3 Å². The Labute approximate surface area is 174 Å². The summed E-state index contributed by atoms with van der Waals surface area (Å²) >= 11 is 0. The fourth-order valence-corrected chi connectivity index (χ4v) is 3.13. The van der Waals surface area contributed by atoms with E-state index in [1.54, 1.807) is 19.2 Å². The molecular weight excluding hydrogens is 465 g/mol. The van der Waals surface area contributed by atoms with Crippen molar-refractivity contribution in [3.05, 3.63) is 29.8 Å². The number of sulfonamides is 1. The van der Waals surface area contributed by atoms with Crippen LogP contribution < -0.4 is 15.8 Å². The zero-order valence-electron chi connectivity index (χ0n) is 16.2. The Kier molecular flexibility index (Phi) is 11.3. The largest absolute Gasteiger partial charge is 0.355 e. The van der Waals surface area contributed by atoms with Crippen molar-refractivity contribution in [1.82, 2.24) is 15.5 Å². The van der Waals surface area contributed by atoms with Gasteiger partial charge in [-0.25, -0.2) is 13.6 Å². The van der Waals surface area contributed by atoms with Crippen molar-refractivity contribution in [3.8, 4) is 0 Å². The van der Waals surface area contributed by atoms with Gasteiger partial charge in [0.25, 0.3) is 0 Å². The third-order valence-corrected chi connectivity index (χ3v) is 4.85. The number of aliphatic imine (C=N–C) groups is 1. The van der Waals surface area contributed by atoms with E-state index in [1.165, 1.54) is 12.1 Å². The van der Waals surface area contributed by atoms with Gasteiger partial charge in [-0.15, -0.1) is 24.0 Å². The van der Waals surface area contributed by atoms with Gasteiger partial charge in [-0.2, -0.15) is 0 Å². The lowest BCUT2D eigenvalue weighted by molar-refractivity contribution is 0.178. The molecule has 7 nitrogen and oxygen atoms in total. The molecule has 0 spiro atoms. The van der Waals surface area contributed by atoms with Crippen LogP contribution in [0.5, 0.6) is 0 Å². The maximum absolute atomic E-state index is 11.3. The van der Waals surface area contributed by atoms with Gasteiger partial charge in [-0.05, 0) is 45.4 Å². The summed E-state index contributed by atoms with van der Waals surface area (Å²) in [6.45, 7) is 11.0. The van der Waals surface area contributed by atoms with Crippen LogP contribution >= 0.6 is 24.0 Å². The first-order valence-electron chi connectivity index (χ1n) is 8.47. The number of nitrogens with zero attached hydrogens (tertiary/aromatic N) is 2. The lowest BCUT2D eigenvalue weighted by Gasteiger charge is -2.30. The van der Waals surface area contributed by atoms with E-state index in [4.69, 9.17) is 5.14 Å². The van der Waals surface area contributed by atoms with Crippen molar-refractivity contribution in [2.24, 2.45) is 10.1 Å². The zero-order chi connectivity index (χ0) is 19.0. The highest BCUT2D eigenvalue weighted by Crippen LogP contribution is 2.08. The van der Waals surface area contributed by atoms with Crippen LogP contribution in [0.3, 0.4) is 0 Å². The molecule has 0 saturated heterocycles. The number of benzene rings is 1. The lowest BCUT2D eigenvalue weighted by Crippen LogP contribution is -2.45. The average molecular weight is 497 g/mol. The fourth-order valence-electron chi connectivity index (χ4n) is 2.62. The molecule has 0 heterocycles. The van der Waals surface area contributed by atoms with Crippen molar-refractivity contribution < 1.29 is 8.42 Å². The van der Waals surface area contributed by atoms with Gasteiger partial charge >= 0.3 is 0 Å². The molecule has 0 atom stereocenters. The Morgan fingerprint density at radius 2 is 1.65 bits per heavy atom. The van der Waals surface area contributed by atoms with Gasteiger partial charge in [0, 0.05) is 38.8 Å². The van der Waals surface area contributed by atoms with Gasteiger partial charge in [-0.1, -0.05) is 12.1 Å². The molecule has 0 saturated carbocycles. The minimum Gasteiger partial charge on any atom is -0.355 e. The van der Waals surface area contributed by atoms with E-state index in [9.17, 15) is 8.42 Å². The summed E-state index contributed by atoms with van der Waals surface area (Å²) < 4.78 is 22.5. The molecule has 0 radical (unpaired) electrons. The van der Waals surface area contributed by atoms with Crippen LogP contribution in [0.4, 0.5) is 0 Å². The van der Waals surface area contributed by atoms with Crippen molar-refractivity contribution in [1.29, 1.82) is 0 Å². The molecule has 0 aliphatic heterocycles. The number of hydrogen-bond acceptors (Lipinski definition) is 4. The van der Waals surface area contributed by atoms with E-state index in [1.807, 2.05) is 0 Å². The molecule has 0 aliphatic carbocycles. The van der Waals surface area contributed by atoms with Crippen LogP contribution in [0.15, 0.2) is 34.2 Å². The van der Waals surface area contributed by atoms with Gasteiger partial charge in [0.15, 0.2) is 5.96 Å². The highest BCUT2D eigenvalue weighted by molar-refractivity contribution is 14.0. The number of primary sulfonamides is 1. The van der Waals surface area contributed by atoms with Gasteiger partial charge in [-0.3, -0.25) is 9.89 Å². The van der Waals surface area contributed by atoms with Crippen molar-refractivity contribution in [3.63, 3.8) is 0 Å². The van der Waals surface area contributed by atoms with Crippen LogP contribution in [0.2, 0.25) is 0 Å². The van der Waals surface area contributed by atoms with Crippen LogP contribution in [0.25, 0.3) is 0 Å². The molecule has 1 aromatic rings. The van der Waals surface area contributed by atoms with Gasteiger partial charge in [0.05, 0.1) is 4.90 Å². The maximum atomic E-state index is 11.3. The molecule has 0 aromatic heterocycles. The second-order valence-corrected chi connectivity index (χ2v) is 8.03. The summed E-state index contributed by atoms with van der Waals surface area (Å²) in [4.78, 5) is 6.73. The summed E-state index contributed by atoms with van der Waals surface area (Å²) in [5.41, 5.74) is 0.946. The molecule has 0 fully saturated rings. The number of guanidine groups is 1. The molecule has 26 heavy (non-hydrogen) atoms. The van der Waals surface area contributed by atoms with Crippen molar-refractivity contribution in [2.45, 2.75) is 51.2 Å². The van der Waals surface area contributed by atoms with E-state index in [-0.39, 0.29) is 28.9 Å². The topological polar surface area (TPSA) is 99.8 Å². The quantitative estimate of drug-likeness (QED) is 0.289. The number of rotatable bonds is 8. The summed E-state index contributed by atoms with van der Waals surface area (Å²) in [6.07, 6.45) is 0. The molecule has 1 aromatic carbocycles. The minimum atomic E-state index is -3.65. The Morgan fingerprint density at radius 3 is 2.08 bits per heavy atom. The monoisotopic (exact) mass is 497 g/mol. The number of nitrogens with two attached hydrogens (primary N) is 1. The van der Waals surface area contributed by atoms with E-state index in [2.05, 4.69) is 48.2 Å². The average Bonchev–Trinajstić information content (AvgIpc) is 2.53. The van der Waals surface area contributed by atoms with Gasteiger partial charge in [0.1, 0.15) is 0 Å². The highest BCUT2D eigenvalue weighted by atomic mass is 127. The highest BCUT2D eigenvalue weighted by Gasteiger charge is 2.12. The summed E-state index contributed by atoms with van der Waals surface area (Å²) in [7, 11) is -1.93. The summed E-state index contributed by atoms with van der Waals surface area (Å²) in [5, 5.41) is 11.6. The number of nitrogens with one attached hydrogen (secondary N) is 2. The summed E-state index contributed by atoms with van der Waals surface area (Å²) in [6, 6.07) is 7.47. The van der Waals surface area contributed by atoms with Crippen molar-refractivity contribution >= 4 is 40.0 Å². The molecule has 0 unspecified atom stereocenters. The van der Waals surface area contributed by atoms with Crippen LogP contribution in [-0.4, -0.2) is 51.5 Å². The second kappa shape index (κ2) is 11.7. The molecular formula is C17H32IN5O2S. The molecule has 0 bridgehead atoms. The molecule has 1 rings (SSSR count). The van der Waals surface area contributed by atoms with Gasteiger partial charge < -0.3 is 10.6 Å². The Morgan fingerprint density at radius 1 is 1.12 bits per heavy atom. The zero-order valence-corrected chi connectivity index (χ0v) is 19.3. The van der Waals surface area contributed by atoms with E-state index >= 15 is 0 Å². The third-order valence-electron chi connectivity index (χ3n) is 3.92. The Balaban J connectivity index is 0.00000625. The standard InChI is InChI=1S/C17H31N5O2S.HI/c1-13(2)22(14(3)4)11-10-20-17(19-5)21-12-15-6-8-16(9-7-15)25(18,23)24;/h6-9,13-14H,10-12H2,1-5H3,(H2,18,23,24)(H2,19,20,21);1H. The van der Waals surface area contributed by atoms with Crippen LogP contribution in [-0.2, 0) is 16.6 Å². The molecule has 9 heteroatoms. The predicted octanol–water partition coefficient (Wildman–Crippen LogP) is 1.74. The smallest absolute Gasteiger partial charge is 0.238 e. The molecule has 4 N–H and O–H groups in total. The minimum absolute atomic E-state index is 0. The Hall–Kier alpha value is -0.910. The first-order chi connectivity index (χ1) is 11.6. The summed E-state index contributed by atoms with van der Waals surface area (Å²) in [5.74, 6) is 0.711. The number of halogens is 1. The molecule has 150 valence electrons. The number of hydrogen-bond donors (Lipinski definition) is 3. The predicted molar refractivity (Wildman–Crippen MR) is 118 cm³/mol. The normalized spacial score (nSPS) is 12.4.